The monoisotopic (exact) mass is 210 g/mol. The van der Waals surface area contributed by atoms with Crippen LogP contribution in [0.2, 0.25) is 5.02 Å². The summed E-state index contributed by atoms with van der Waals surface area (Å²) in [6, 6.07) is 5.32. The third-order valence-corrected chi connectivity index (χ3v) is 2.42. The fraction of sp³-hybridized carbons (Fsp3) is 0.222. The van der Waals surface area contributed by atoms with Crippen molar-refractivity contribution in [2.24, 2.45) is 10.8 Å². The summed E-state index contributed by atoms with van der Waals surface area (Å²) in [5.74, 6) is 6.46. The van der Waals surface area contributed by atoms with Crippen molar-refractivity contribution < 1.29 is 0 Å². The molecule has 1 heterocycles. The number of halogens is 1. The molecule has 0 unspecified atom stereocenters. The fourth-order valence-electron chi connectivity index (χ4n) is 1.41. The standard InChI is InChI=1S/C9H11ClN4/c10-8-5-6(11)1-2-7(8)9-13-3-4-14(9)12/h1-2,5H,3-4,11-12H2. The Kier molecular flexibility index (Phi) is 2.31. The van der Waals surface area contributed by atoms with Crippen LogP contribution in [0.25, 0.3) is 0 Å². The molecular weight excluding hydrogens is 200 g/mol. The SMILES string of the molecule is Nc1ccc(C2=NCCN2N)c(Cl)c1. The van der Waals surface area contributed by atoms with Crippen molar-refractivity contribution in [3.8, 4) is 0 Å². The number of hydrogen-bond acceptors (Lipinski definition) is 4. The number of amidine groups is 1. The quantitative estimate of drug-likeness (QED) is 0.534. The van der Waals surface area contributed by atoms with Gasteiger partial charge >= 0.3 is 0 Å². The minimum absolute atomic E-state index is 0.584. The van der Waals surface area contributed by atoms with Crippen LogP contribution in [0.5, 0.6) is 0 Å². The average Bonchev–Trinajstić information content (AvgIpc) is 2.52. The smallest absolute Gasteiger partial charge is 0.146 e. The second-order valence-corrected chi connectivity index (χ2v) is 3.55. The number of rotatable bonds is 1. The molecule has 0 spiro atoms. The Bertz CT molecular complexity index is 388. The van der Waals surface area contributed by atoms with Gasteiger partial charge in [0.2, 0.25) is 0 Å². The minimum Gasteiger partial charge on any atom is -0.399 e. The molecule has 0 radical (unpaired) electrons. The zero-order chi connectivity index (χ0) is 10.1. The van der Waals surface area contributed by atoms with Crippen molar-refractivity contribution >= 4 is 23.1 Å². The predicted octanol–water partition coefficient (Wildman–Crippen LogP) is 0.858. The summed E-state index contributed by atoms with van der Waals surface area (Å²) in [5.41, 5.74) is 7.07. The summed E-state index contributed by atoms with van der Waals surface area (Å²) in [5, 5.41) is 2.18. The van der Waals surface area contributed by atoms with E-state index in [-0.39, 0.29) is 0 Å². The summed E-state index contributed by atoms with van der Waals surface area (Å²) in [4.78, 5) is 4.27. The normalized spacial score (nSPS) is 15.9. The van der Waals surface area contributed by atoms with Gasteiger partial charge in [-0.1, -0.05) is 11.6 Å². The molecule has 1 aliphatic heterocycles. The Morgan fingerprint density at radius 2 is 2.21 bits per heavy atom. The molecule has 0 amide bonds. The summed E-state index contributed by atoms with van der Waals surface area (Å²) >= 11 is 6.03. The Labute approximate surface area is 87.1 Å². The number of benzene rings is 1. The molecule has 5 heteroatoms. The van der Waals surface area contributed by atoms with Gasteiger partial charge in [-0.05, 0) is 18.2 Å². The molecule has 2 rings (SSSR count). The van der Waals surface area contributed by atoms with Crippen LogP contribution in [-0.2, 0) is 0 Å². The number of nitrogens with two attached hydrogens (primary N) is 2. The van der Waals surface area contributed by atoms with Crippen molar-refractivity contribution in [1.82, 2.24) is 5.01 Å². The van der Waals surface area contributed by atoms with Crippen molar-refractivity contribution in [3.63, 3.8) is 0 Å². The third-order valence-electron chi connectivity index (χ3n) is 2.11. The Morgan fingerprint density at radius 3 is 2.79 bits per heavy atom. The highest BCUT2D eigenvalue weighted by atomic mass is 35.5. The van der Waals surface area contributed by atoms with Gasteiger partial charge in [-0.2, -0.15) is 0 Å². The number of nitrogens with zero attached hydrogens (tertiary/aromatic N) is 2. The lowest BCUT2D eigenvalue weighted by atomic mass is 10.2. The van der Waals surface area contributed by atoms with Crippen LogP contribution in [0.15, 0.2) is 23.2 Å². The first-order chi connectivity index (χ1) is 6.68. The van der Waals surface area contributed by atoms with Gasteiger partial charge in [-0.3, -0.25) is 10.0 Å². The van der Waals surface area contributed by atoms with E-state index in [0.717, 1.165) is 17.9 Å². The van der Waals surface area contributed by atoms with Gasteiger partial charge in [0, 0.05) is 11.3 Å². The number of aliphatic imine (C=N–C) groups is 1. The van der Waals surface area contributed by atoms with Crippen LogP contribution >= 0.6 is 11.6 Å². The van der Waals surface area contributed by atoms with Crippen LogP contribution in [0.1, 0.15) is 5.56 Å². The average molecular weight is 211 g/mol. The minimum atomic E-state index is 0.584. The van der Waals surface area contributed by atoms with Gasteiger partial charge in [-0.25, -0.2) is 5.84 Å². The second-order valence-electron chi connectivity index (χ2n) is 3.14. The topological polar surface area (TPSA) is 67.6 Å². The van der Waals surface area contributed by atoms with Crippen molar-refractivity contribution in [2.45, 2.75) is 0 Å². The van der Waals surface area contributed by atoms with E-state index in [9.17, 15) is 0 Å². The van der Waals surface area contributed by atoms with E-state index in [0.29, 0.717) is 17.3 Å². The lowest BCUT2D eigenvalue weighted by Crippen LogP contribution is -2.35. The van der Waals surface area contributed by atoms with Crippen molar-refractivity contribution in [2.75, 3.05) is 18.8 Å². The van der Waals surface area contributed by atoms with E-state index in [2.05, 4.69) is 4.99 Å². The summed E-state index contributed by atoms with van der Waals surface area (Å²) < 4.78 is 0. The van der Waals surface area contributed by atoms with Gasteiger partial charge in [0.15, 0.2) is 0 Å². The summed E-state index contributed by atoms with van der Waals surface area (Å²) in [7, 11) is 0. The van der Waals surface area contributed by atoms with Crippen LogP contribution in [0, 0.1) is 0 Å². The first kappa shape index (κ1) is 9.30. The maximum absolute atomic E-state index is 6.03. The van der Waals surface area contributed by atoms with Crippen LogP contribution in [0.3, 0.4) is 0 Å². The molecule has 1 aromatic rings. The first-order valence-electron chi connectivity index (χ1n) is 4.30. The highest BCUT2D eigenvalue weighted by Gasteiger charge is 2.17. The maximum Gasteiger partial charge on any atom is 0.146 e. The van der Waals surface area contributed by atoms with Crippen molar-refractivity contribution in [3.05, 3.63) is 28.8 Å². The Hall–Kier alpha value is -1.26. The summed E-state index contributed by atoms with van der Waals surface area (Å²) in [6.07, 6.45) is 0. The van der Waals surface area contributed by atoms with Crippen molar-refractivity contribution in [1.29, 1.82) is 0 Å². The Balaban J connectivity index is 2.41. The van der Waals surface area contributed by atoms with E-state index >= 15 is 0 Å². The molecule has 0 saturated carbocycles. The zero-order valence-corrected chi connectivity index (χ0v) is 8.33. The number of anilines is 1. The number of hydrazine groups is 1. The lowest BCUT2D eigenvalue weighted by molar-refractivity contribution is 0.484. The molecule has 14 heavy (non-hydrogen) atoms. The molecule has 74 valence electrons. The molecule has 0 aliphatic carbocycles. The van der Waals surface area contributed by atoms with E-state index in [1.807, 2.05) is 6.07 Å². The van der Waals surface area contributed by atoms with E-state index in [1.54, 1.807) is 17.1 Å². The van der Waals surface area contributed by atoms with Gasteiger partial charge in [0.1, 0.15) is 5.84 Å². The zero-order valence-electron chi connectivity index (χ0n) is 7.57. The van der Waals surface area contributed by atoms with Crippen LogP contribution in [-0.4, -0.2) is 23.9 Å². The molecular formula is C9H11ClN4. The van der Waals surface area contributed by atoms with E-state index < -0.39 is 0 Å². The van der Waals surface area contributed by atoms with Gasteiger partial charge < -0.3 is 5.73 Å². The van der Waals surface area contributed by atoms with Crippen LogP contribution < -0.4 is 11.6 Å². The predicted molar refractivity (Wildman–Crippen MR) is 58.2 cm³/mol. The first-order valence-corrected chi connectivity index (χ1v) is 4.68. The number of hydrogen-bond donors (Lipinski definition) is 2. The fourth-order valence-corrected chi connectivity index (χ4v) is 1.69. The number of nitrogen functional groups attached to an aromatic ring is 1. The molecule has 0 fully saturated rings. The molecule has 4 nitrogen and oxygen atoms in total. The molecule has 1 aromatic carbocycles. The summed E-state index contributed by atoms with van der Waals surface area (Å²) in [6.45, 7) is 1.45. The largest absolute Gasteiger partial charge is 0.399 e. The molecule has 0 saturated heterocycles. The molecule has 0 aromatic heterocycles. The van der Waals surface area contributed by atoms with Gasteiger partial charge in [0.25, 0.3) is 0 Å². The third kappa shape index (κ3) is 1.54. The van der Waals surface area contributed by atoms with E-state index in [4.69, 9.17) is 23.2 Å². The molecule has 0 bridgehead atoms. The second kappa shape index (κ2) is 3.48. The van der Waals surface area contributed by atoms with E-state index in [1.165, 1.54) is 0 Å². The highest BCUT2D eigenvalue weighted by molar-refractivity contribution is 6.34. The highest BCUT2D eigenvalue weighted by Crippen LogP contribution is 2.21. The maximum atomic E-state index is 6.03. The molecule has 1 aliphatic rings. The Morgan fingerprint density at radius 1 is 1.43 bits per heavy atom. The molecule has 4 N–H and O–H groups in total. The van der Waals surface area contributed by atoms with Gasteiger partial charge in [-0.15, -0.1) is 0 Å². The van der Waals surface area contributed by atoms with Gasteiger partial charge in [0.05, 0.1) is 18.1 Å². The molecule has 0 atom stereocenters. The lowest BCUT2D eigenvalue weighted by Gasteiger charge is -2.14. The van der Waals surface area contributed by atoms with Crippen LogP contribution in [0.4, 0.5) is 5.69 Å².